The van der Waals surface area contributed by atoms with Crippen LogP contribution in [-0.4, -0.2) is 23.4 Å². The number of hydrogen-bond donors (Lipinski definition) is 1. The highest BCUT2D eigenvalue weighted by Gasteiger charge is 2.47. The van der Waals surface area contributed by atoms with Crippen LogP contribution < -0.4 is 9.64 Å². The molecule has 5 nitrogen and oxygen atoms in total. The summed E-state index contributed by atoms with van der Waals surface area (Å²) in [5.41, 5.74) is 1.99. The zero-order chi connectivity index (χ0) is 23.7. The first-order valence-electron chi connectivity index (χ1n) is 10.7. The Kier molecular flexibility index (Phi) is 6.58. The van der Waals surface area contributed by atoms with E-state index in [1.807, 2.05) is 44.4 Å². The quantitative estimate of drug-likeness (QED) is 0.246. The molecule has 1 unspecified atom stereocenters. The average Bonchev–Trinajstić information content (AvgIpc) is 3.41. The number of Topliss-reactive ketones (excluding diaryl/α,β-unsaturated/α-hetero) is 1. The molecule has 1 atom stereocenters. The molecule has 33 heavy (non-hydrogen) atoms. The number of thiophene rings is 1. The molecule has 1 aliphatic heterocycles. The molecule has 0 radical (unpaired) electrons. The topological polar surface area (TPSA) is 66.8 Å². The fourth-order valence-electron chi connectivity index (χ4n) is 4.01. The van der Waals surface area contributed by atoms with Gasteiger partial charge in [0.05, 0.1) is 12.2 Å². The van der Waals surface area contributed by atoms with Crippen molar-refractivity contribution in [1.82, 2.24) is 0 Å². The van der Waals surface area contributed by atoms with Gasteiger partial charge in [-0.1, -0.05) is 31.5 Å². The maximum absolute atomic E-state index is 13.2. The number of hydrogen-bond acceptors (Lipinski definition) is 5. The molecule has 4 rings (SSSR count). The van der Waals surface area contributed by atoms with Gasteiger partial charge >= 0.3 is 0 Å². The first-order valence-corrected chi connectivity index (χ1v) is 12.0. The molecule has 0 aliphatic carbocycles. The predicted octanol–water partition coefficient (Wildman–Crippen LogP) is 6.55. The van der Waals surface area contributed by atoms with Gasteiger partial charge in [-0.25, -0.2) is 0 Å². The third-order valence-corrected chi connectivity index (χ3v) is 6.74. The lowest BCUT2D eigenvalue weighted by Crippen LogP contribution is -2.29. The summed E-state index contributed by atoms with van der Waals surface area (Å²) in [5.74, 6) is -0.731. The molecule has 7 heteroatoms. The molecule has 1 aromatic heterocycles. The van der Waals surface area contributed by atoms with Crippen LogP contribution in [0.2, 0.25) is 5.02 Å². The van der Waals surface area contributed by atoms with E-state index in [2.05, 4.69) is 0 Å². The molecule has 0 saturated carbocycles. The maximum atomic E-state index is 13.2. The van der Waals surface area contributed by atoms with Crippen molar-refractivity contribution in [2.45, 2.75) is 32.7 Å². The fourth-order valence-corrected chi connectivity index (χ4v) is 4.96. The average molecular weight is 482 g/mol. The highest BCUT2D eigenvalue weighted by Crippen LogP contribution is 2.44. The minimum Gasteiger partial charge on any atom is -0.507 e. The van der Waals surface area contributed by atoms with Crippen molar-refractivity contribution in [3.8, 4) is 5.75 Å². The summed E-state index contributed by atoms with van der Waals surface area (Å²) in [5, 5.41) is 13.7. The number of aliphatic hydroxyl groups is 1. The largest absolute Gasteiger partial charge is 0.507 e. The molecular formula is C26H24ClNO4S. The number of nitrogens with zero attached hydrogens (tertiary/aromatic N) is 1. The van der Waals surface area contributed by atoms with Crippen LogP contribution >= 0.6 is 22.9 Å². The Bertz CT molecular complexity index is 1220. The second kappa shape index (κ2) is 9.41. The lowest BCUT2D eigenvalue weighted by Gasteiger charge is -2.24. The molecule has 3 aromatic rings. The van der Waals surface area contributed by atoms with Crippen molar-refractivity contribution in [3.05, 3.63) is 86.6 Å². The van der Waals surface area contributed by atoms with E-state index < -0.39 is 17.7 Å². The van der Waals surface area contributed by atoms with Gasteiger partial charge in [0.2, 0.25) is 0 Å². The lowest BCUT2D eigenvalue weighted by atomic mass is 9.95. The number of rotatable bonds is 6. The molecule has 1 amide bonds. The number of anilines is 1. The van der Waals surface area contributed by atoms with E-state index in [4.69, 9.17) is 16.3 Å². The molecule has 1 aliphatic rings. The van der Waals surface area contributed by atoms with Crippen molar-refractivity contribution in [1.29, 1.82) is 0 Å². The first kappa shape index (κ1) is 23.1. The summed E-state index contributed by atoms with van der Waals surface area (Å²) in [7, 11) is 0. The van der Waals surface area contributed by atoms with Crippen LogP contribution in [0.5, 0.6) is 5.75 Å². The molecule has 0 spiro atoms. The Morgan fingerprint density at radius 2 is 1.88 bits per heavy atom. The molecule has 1 saturated heterocycles. The number of carbonyl (C=O) groups excluding carboxylic acids is 2. The Balaban J connectivity index is 1.89. The summed E-state index contributed by atoms with van der Waals surface area (Å²) < 4.78 is 5.73. The molecule has 170 valence electrons. The van der Waals surface area contributed by atoms with Gasteiger partial charge in [0.25, 0.3) is 11.7 Å². The van der Waals surface area contributed by atoms with Gasteiger partial charge in [0, 0.05) is 21.2 Å². The van der Waals surface area contributed by atoms with Gasteiger partial charge < -0.3 is 9.84 Å². The van der Waals surface area contributed by atoms with E-state index in [9.17, 15) is 14.7 Å². The monoisotopic (exact) mass is 481 g/mol. The van der Waals surface area contributed by atoms with Crippen molar-refractivity contribution in [3.63, 3.8) is 0 Å². The number of benzene rings is 2. The lowest BCUT2D eigenvalue weighted by molar-refractivity contribution is -0.132. The summed E-state index contributed by atoms with van der Waals surface area (Å²) in [6, 6.07) is 15.0. The number of amides is 1. The molecule has 2 aromatic carbocycles. The van der Waals surface area contributed by atoms with Crippen molar-refractivity contribution < 1.29 is 19.4 Å². The normalized spacial score (nSPS) is 17.7. The molecular weight excluding hydrogens is 458 g/mol. The van der Waals surface area contributed by atoms with Crippen LogP contribution in [0.3, 0.4) is 0 Å². The van der Waals surface area contributed by atoms with Gasteiger partial charge in [-0.05, 0) is 72.3 Å². The minimum absolute atomic E-state index is 0.0660. The summed E-state index contributed by atoms with van der Waals surface area (Å²) in [6.45, 7) is 6.51. The van der Waals surface area contributed by atoms with Gasteiger partial charge in [-0.3, -0.25) is 14.5 Å². The summed E-state index contributed by atoms with van der Waals surface area (Å²) in [4.78, 5) is 28.6. The second-order valence-electron chi connectivity index (χ2n) is 8.00. The standard InChI is InChI=1S/C26H24ClNO4S/c1-4-32-20-12-7-16(14-19(20)15(2)3)24(29)22-23(21-6-5-13-33-21)28(26(31)25(22)30)18-10-8-17(27)9-11-18/h5-15,23,29H,4H2,1-3H3/b24-22-. The molecule has 0 bridgehead atoms. The van der Waals surface area contributed by atoms with Gasteiger partial charge in [0.1, 0.15) is 17.6 Å². The predicted molar refractivity (Wildman–Crippen MR) is 132 cm³/mol. The second-order valence-corrected chi connectivity index (χ2v) is 9.42. The van der Waals surface area contributed by atoms with Gasteiger partial charge in [-0.2, -0.15) is 0 Å². The number of carbonyl (C=O) groups is 2. The smallest absolute Gasteiger partial charge is 0.300 e. The Labute approximate surface area is 201 Å². The summed E-state index contributed by atoms with van der Waals surface area (Å²) in [6.07, 6.45) is 0. The van der Waals surface area contributed by atoms with E-state index >= 15 is 0 Å². The van der Waals surface area contributed by atoms with Crippen LogP contribution in [0, 0.1) is 0 Å². The van der Waals surface area contributed by atoms with Gasteiger partial charge in [-0.15, -0.1) is 11.3 Å². The number of aliphatic hydroxyl groups excluding tert-OH is 1. The van der Waals surface area contributed by atoms with Crippen LogP contribution in [0.4, 0.5) is 5.69 Å². The SMILES string of the molecule is CCOc1ccc(/C(O)=C2/C(=O)C(=O)N(c3ccc(Cl)cc3)C2c2cccs2)cc1C(C)C. The Morgan fingerprint density at radius 3 is 2.48 bits per heavy atom. The number of halogens is 1. The van der Waals surface area contributed by atoms with E-state index in [1.54, 1.807) is 36.4 Å². The van der Waals surface area contributed by atoms with Crippen LogP contribution in [0.1, 0.15) is 48.7 Å². The van der Waals surface area contributed by atoms with Crippen LogP contribution in [-0.2, 0) is 9.59 Å². The van der Waals surface area contributed by atoms with E-state index in [0.29, 0.717) is 22.9 Å². The minimum atomic E-state index is -0.736. The van der Waals surface area contributed by atoms with E-state index in [1.165, 1.54) is 16.2 Å². The maximum Gasteiger partial charge on any atom is 0.300 e. The van der Waals surface area contributed by atoms with Crippen molar-refractivity contribution >= 4 is 46.1 Å². The van der Waals surface area contributed by atoms with Crippen LogP contribution in [0.15, 0.2) is 65.6 Å². The molecule has 1 N–H and O–H groups in total. The van der Waals surface area contributed by atoms with E-state index in [-0.39, 0.29) is 17.3 Å². The molecule has 1 fully saturated rings. The van der Waals surface area contributed by atoms with Crippen LogP contribution in [0.25, 0.3) is 5.76 Å². The Morgan fingerprint density at radius 1 is 1.15 bits per heavy atom. The van der Waals surface area contributed by atoms with Crippen molar-refractivity contribution in [2.75, 3.05) is 11.5 Å². The summed E-state index contributed by atoms with van der Waals surface area (Å²) >= 11 is 7.45. The number of ether oxygens (including phenoxy) is 1. The Hall–Kier alpha value is -3.09. The van der Waals surface area contributed by atoms with Crippen molar-refractivity contribution in [2.24, 2.45) is 0 Å². The van der Waals surface area contributed by atoms with E-state index in [0.717, 1.165) is 16.2 Å². The fraction of sp³-hybridized carbons (Fsp3) is 0.231. The highest BCUT2D eigenvalue weighted by atomic mass is 35.5. The first-order chi connectivity index (χ1) is 15.8. The zero-order valence-electron chi connectivity index (χ0n) is 18.5. The molecule has 2 heterocycles. The zero-order valence-corrected chi connectivity index (χ0v) is 20.1. The number of ketones is 1. The van der Waals surface area contributed by atoms with Gasteiger partial charge in [0.15, 0.2) is 0 Å². The third-order valence-electron chi connectivity index (χ3n) is 5.57. The third kappa shape index (κ3) is 4.28. The highest BCUT2D eigenvalue weighted by molar-refractivity contribution is 7.10.